The van der Waals surface area contributed by atoms with Crippen LogP contribution in [0.2, 0.25) is 5.02 Å². The first kappa shape index (κ1) is 14.8. The summed E-state index contributed by atoms with van der Waals surface area (Å²) < 4.78 is 13.3. The molecule has 0 amide bonds. The largest absolute Gasteiger partial charge is 0.329 e. The van der Waals surface area contributed by atoms with Crippen molar-refractivity contribution in [3.63, 3.8) is 0 Å². The lowest BCUT2D eigenvalue weighted by atomic mass is 10.0. The highest BCUT2D eigenvalue weighted by atomic mass is 35.5. The van der Waals surface area contributed by atoms with Gasteiger partial charge in [0.15, 0.2) is 0 Å². The summed E-state index contributed by atoms with van der Waals surface area (Å²) in [5.74, 6) is -0.372. The highest BCUT2D eigenvalue weighted by molar-refractivity contribution is 6.30. The van der Waals surface area contributed by atoms with Gasteiger partial charge in [-0.1, -0.05) is 24.6 Å². The number of nitrogens with two attached hydrogens (primary N) is 1. The maximum Gasteiger partial charge on any atom is 0.141 e. The Balaban J connectivity index is 2.30. The average Bonchev–Trinajstić information content (AvgIpc) is 2.76. The van der Waals surface area contributed by atoms with Crippen molar-refractivity contribution < 1.29 is 4.39 Å². The minimum atomic E-state index is -0.372. The van der Waals surface area contributed by atoms with Crippen LogP contribution in [-0.2, 0) is 0 Å². The SMILES string of the molecule is CCC1CCC(C)N1C(CN)c1ccc(F)c(Cl)c1. The molecule has 0 aliphatic carbocycles. The highest BCUT2D eigenvalue weighted by Crippen LogP contribution is 2.35. The van der Waals surface area contributed by atoms with Gasteiger partial charge < -0.3 is 5.73 Å². The van der Waals surface area contributed by atoms with Gasteiger partial charge in [-0.25, -0.2) is 4.39 Å². The van der Waals surface area contributed by atoms with E-state index in [0.717, 1.165) is 12.0 Å². The Morgan fingerprint density at radius 3 is 2.79 bits per heavy atom. The molecular formula is C15H22ClFN2. The summed E-state index contributed by atoms with van der Waals surface area (Å²) in [6.45, 7) is 4.98. The minimum absolute atomic E-state index is 0.126. The van der Waals surface area contributed by atoms with Gasteiger partial charge >= 0.3 is 0 Å². The fourth-order valence-corrected chi connectivity index (χ4v) is 3.41. The number of likely N-dealkylation sites (tertiary alicyclic amines) is 1. The van der Waals surface area contributed by atoms with E-state index in [1.165, 1.54) is 18.9 Å². The Hall–Kier alpha value is -0.640. The molecule has 106 valence electrons. The Morgan fingerprint density at radius 2 is 2.21 bits per heavy atom. The first-order valence-corrected chi connectivity index (χ1v) is 7.38. The number of halogens is 2. The molecule has 0 spiro atoms. The number of rotatable bonds is 4. The van der Waals surface area contributed by atoms with Crippen molar-refractivity contribution in [2.75, 3.05) is 6.54 Å². The molecule has 0 radical (unpaired) electrons. The van der Waals surface area contributed by atoms with E-state index in [2.05, 4.69) is 18.7 Å². The van der Waals surface area contributed by atoms with Crippen LogP contribution < -0.4 is 5.73 Å². The van der Waals surface area contributed by atoms with E-state index in [1.54, 1.807) is 12.1 Å². The molecule has 0 bridgehead atoms. The second kappa shape index (κ2) is 6.21. The predicted octanol–water partition coefficient (Wildman–Crippen LogP) is 3.74. The third kappa shape index (κ3) is 2.93. The quantitative estimate of drug-likeness (QED) is 0.912. The zero-order valence-electron chi connectivity index (χ0n) is 11.6. The molecule has 4 heteroatoms. The first-order valence-electron chi connectivity index (χ1n) is 7.00. The summed E-state index contributed by atoms with van der Waals surface area (Å²) in [5.41, 5.74) is 6.99. The molecule has 0 aromatic heterocycles. The van der Waals surface area contributed by atoms with E-state index in [-0.39, 0.29) is 16.9 Å². The number of nitrogens with zero attached hydrogens (tertiary/aromatic N) is 1. The van der Waals surface area contributed by atoms with Gasteiger partial charge in [-0.2, -0.15) is 0 Å². The predicted molar refractivity (Wildman–Crippen MR) is 77.8 cm³/mol. The van der Waals surface area contributed by atoms with Crippen molar-refractivity contribution in [1.82, 2.24) is 4.90 Å². The van der Waals surface area contributed by atoms with E-state index in [0.29, 0.717) is 18.6 Å². The second-order valence-electron chi connectivity index (χ2n) is 5.36. The van der Waals surface area contributed by atoms with Gasteiger partial charge in [0.2, 0.25) is 0 Å². The standard InChI is InChI=1S/C15H22ClFN2/c1-3-12-6-4-10(2)19(12)15(9-18)11-5-7-14(17)13(16)8-11/h5,7-8,10,12,15H,3-4,6,9,18H2,1-2H3. The first-order chi connectivity index (χ1) is 9.08. The van der Waals surface area contributed by atoms with Crippen LogP contribution in [0, 0.1) is 5.82 Å². The minimum Gasteiger partial charge on any atom is -0.329 e. The van der Waals surface area contributed by atoms with E-state index in [9.17, 15) is 4.39 Å². The van der Waals surface area contributed by atoms with Crippen molar-refractivity contribution in [2.24, 2.45) is 5.73 Å². The lowest BCUT2D eigenvalue weighted by molar-refractivity contribution is 0.137. The van der Waals surface area contributed by atoms with Crippen LogP contribution in [0.4, 0.5) is 4.39 Å². The Morgan fingerprint density at radius 1 is 1.47 bits per heavy atom. The zero-order valence-corrected chi connectivity index (χ0v) is 12.3. The zero-order chi connectivity index (χ0) is 14.0. The second-order valence-corrected chi connectivity index (χ2v) is 5.77. The van der Waals surface area contributed by atoms with Crippen LogP contribution in [0.25, 0.3) is 0 Å². The smallest absolute Gasteiger partial charge is 0.141 e. The Bertz CT molecular complexity index is 438. The molecule has 1 aliphatic rings. The van der Waals surface area contributed by atoms with Crippen LogP contribution in [0.1, 0.15) is 44.7 Å². The molecule has 1 heterocycles. The Labute approximate surface area is 119 Å². The molecule has 1 aromatic rings. The van der Waals surface area contributed by atoms with E-state index < -0.39 is 0 Å². The van der Waals surface area contributed by atoms with Gasteiger partial charge in [-0.05, 0) is 43.9 Å². The third-order valence-corrected chi connectivity index (χ3v) is 4.52. The molecule has 1 saturated heterocycles. The monoisotopic (exact) mass is 284 g/mol. The average molecular weight is 285 g/mol. The summed E-state index contributed by atoms with van der Waals surface area (Å²) in [6.07, 6.45) is 3.53. The molecule has 1 aliphatic heterocycles. The normalized spacial score (nSPS) is 25.7. The summed E-state index contributed by atoms with van der Waals surface area (Å²) in [6, 6.07) is 6.15. The molecule has 3 atom stereocenters. The molecule has 3 unspecified atom stereocenters. The summed E-state index contributed by atoms with van der Waals surface area (Å²) in [4.78, 5) is 2.48. The van der Waals surface area contributed by atoms with Gasteiger partial charge in [-0.3, -0.25) is 4.90 Å². The van der Waals surface area contributed by atoms with Crippen molar-refractivity contribution in [3.05, 3.63) is 34.6 Å². The van der Waals surface area contributed by atoms with Gasteiger partial charge in [0.05, 0.1) is 5.02 Å². The Kier molecular flexibility index (Phi) is 4.82. The molecule has 0 saturated carbocycles. The highest BCUT2D eigenvalue weighted by Gasteiger charge is 2.34. The van der Waals surface area contributed by atoms with Crippen molar-refractivity contribution in [3.8, 4) is 0 Å². The van der Waals surface area contributed by atoms with Gasteiger partial charge in [0.1, 0.15) is 5.82 Å². The van der Waals surface area contributed by atoms with Crippen molar-refractivity contribution >= 4 is 11.6 Å². The molecule has 2 nitrogen and oxygen atoms in total. The number of hydrogen-bond acceptors (Lipinski definition) is 2. The topological polar surface area (TPSA) is 29.3 Å². The van der Waals surface area contributed by atoms with E-state index in [1.807, 2.05) is 0 Å². The van der Waals surface area contributed by atoms with Crippen molar-refractivity contribution in [1.29, 1.82) is 0 Å². The summed E-state index contributed by atoms with van der Waals surface area (Å²) in [5, 5.41) is 0.177. The van der Waals surface area contributed by atoms with Gasteiger partial charge in [-0.15, -0.1) is 0 Å². The molecule has 2 rings (SSSR count). The summed E-state index contributed by atoms with van der Waals surface area (Å²) >= 11 is 5.89. The molecule has 1 aromatic carbocycles. The number of benzene rings is 1. The fourth-order valence-electron chi connectivity index (χ4n) is 3.22. The molecule has 2 N–H and O–H groups in total. The molecule has 1 fully saturated rings. The maximum absolute atomic E-state index is 13.3. The van der Waals surface area contributed by atoms with E-state index >= 15 is 0 Å². The molecule has 19 heavy (non-hydrogen) atoms. The van der Waals surface area contributed by atoms with Gasteiger partial charge in [0.25, 0.3) is 0 Å². The van der Waals surface area contributed by atoms with Gasteiger partial charge in [0, 0.05) is 24.7 Å². The van der Waals surface area contributed by atoms with Crippen LogP contribution in [-0.4, -0.2) is 23.5 Å². The van der Waals surface area contributed by atoms with Crippen molar-refractivity contribution in [2.45, 2.75) is 51.2 Å². The van der Waals surface area contributed by atoms with Crippen LogP contribution >= 0.6 is 11.6 Å². The van der Waals surface area contributed by atoms with Crippen LogP contribution in [0.15, 0.2) is 18.2 Å². The molecular weight excluding hydrogens is 263 g/mol. The van der Waals surface area contributed by atoms with Crippen LogP contribution in [0.3, 0.4) is 0 Å². The maximum atomic E-state index is 13.3. The van der Waals surface area contributed by atoms with Crippen LogP contribution in [0.5, 0.6) is 0 Å². The lowest BCUT2D eigenvalue weighted by Gasteiger charge is -2.35. The number of hydrogen-bond donors (Lipinski definition) is 1. The van der Waals surface area contributed by atoms with E-state index in [4.69, 9.17) is 17.3 Å². The lowest BCUT2D eigenvalue weighted by Crippen LogP contribution is -2.41. The third-order valence-electron chi connectivity index (χ3n) is 4.23. The fraction of sp³-hybridized carbons (Fsp3) is 0.600. The summed E-state index contributed by atoms with van der Waals surface area (Å²) in [7, 11) is 0.